The van der Waals surface area contributed by atoms with Gasteiger partial charge in [-0.15, -0.1) is 0 Å². The molecule has 0 saturated heterocycles. The van der Waals surface area contributed by atoms with Gasteiger partial charge < -0.3 is 5.32 Å². The lowest BCUT2D eigenvalue weighted by Gasteiger charge is -2.18. The van der Waals surface area contributed by atoms with Crippen LogP contribution in [0, 0.1) is 17.3 Å². The molecule has 0 bridgehead atoms. The molecule has 1 saturated carbocycles. The van der Waals surface area contributed by atoms with Crippen LogP contribution in [0.2, 0.25) is 0 Å². The molecule has 19 heavy (non-hydrogen) atoms. The fourth-order valence-electron chi connectivity index (χ4n) is 2.27. The van der Waals surface area contributed by atoms with E-state index in [-0.39, 0.29) is 11.3 Å². The molecule has 2 nitrogen and oxygen atoms in total. The molecule has 0 radical (unpaired) electrons. The van der Waals surface area contributed by atoms with Crippen LogP contribution in [0.25, 0.3) is 0 Å². The third-order valence-corrected chi connectivity index (χ3v) is 3.60. The second-order valence-electron chi connectivity index (χ2n) is 6.92. The van der Waals surface area contributed by atoms with Crippen LogP contribution in [0.1, 0.15) is 60.8 Å². The summed E-state index contributed by atoms with van der Waals surface area (Å²) in [6.45, 7) is 12.7. The molecule has 1 aliphatic rings. The molecule has 1 fully saturated rings. The van der Waals surface area contributed by atoms with Gasteiger partial charge in [0.15, 0.2) is 0 Å². The molecule has 1 N–H and O–H groups in total. The third-order valence-electron chi connectivity index (χ3n) is 3.60. The highest BCUT2D eigenvalue weighted by Gasteiger charge is 2.36. The molecule has 0 aromatic heterocycles. The molecule has 2 heteroatoms. The summed E-state index contributed by atoms with van der Waals surface area (Å²) >= 11 is 0. The van der Waals surface area contributed by atoms with E-state index in [1.807, 2.05) is 0 Å². The Morgan fingerprint density at radius 1 is 1.37 bits per heavy atom. The monoisotopic (exact) mass is 263 g/mol. The van der Waals surface area contributed by atoms with Gasteiger partial charge in [0.1, 0.15) is 0 Å². The number of hydrogen-bond donors (Lipinski definition) is 1. The second-order valence-corrected chi connectivity index (χ2v) is 6.92. The molecule has 0 aromatic rings. The first-order valence-electron chi connectivity index (χ1n) is 7.43. The van der Waals surface area contributed by atoms with E-state index < -0.39 is 0 Å². The maximum absolute atomic E-state index is 12.1. The Hall–Kier alpha value is -1.05. The van der Waals surface area contributed by atoms with Crippen molar-refractivity contribution in [3.05, 3.63) is 23.4 Å². The van der Waals surface area contributed by atoms with Gasteiger partial charge in [0.25, 0.3) is 0 Å². The van der Waals surface area contributed by atoms with Crippen molar-refractivity contribution in [3.8, 4) is 0 Å². The van der Waals surface area contributed by atoms with Gasteiger partial charge in [-0.1, -0.05) is 46.3 Å². The first-order chi connectivity index (χ1) is 8.76. The number of carbonyl (C=O) groups excluding carboxylic acids is 1. The van der Waals surface area contributed by atoms with Crippen LogP contribution in [0.5, 0.6) is 0 Å². The Kier molecular flexibility index (Phi) is 5.39. The zero-order valence-electron chi connectivity index (χ0n) is 13.3. The molecule has 0 heterocycles. The zero-order valence-corrected chi connectivity index (χ0v) is 13.3. The average Bonchev–Trinajstić information content (AvgIpc) is 2.99. The lowest BCUT2D eigenvalue weighted by molar-refractivity contribution is -0.122. The largest absolute Gasteiger partial charge is 0.329 e. The van der Waals surface area contributed by atoms with E-state index in [1.54, 1.807) is 0 Å². The molecule has 1 rings (SSSR count). The predicted octanol–water partition coefficient (Wildman–Crippen LogP) is 4.44. The highest BCUT2D eigenvalue weighted by atomic mass is 16.1. The normalized spacial score (nSPS) is 24.3. The second kappa shape index (κ2) is 6.40. The van der Waals surface area contributed by atoms with Gasteiger partial charge in [-0.2, -0.15) is 0 Å². The summed E-state index contributed by atoms with van der Waals surface area (Å²) in [6.07, 6.45) is 7.08. The Morgan fingerprint density at radius 2 is 1.95 bits per heavy atom. The van der Waals surface area contributed by atoms with Crippen LogP contribution in [0.15, 0.2) is 23.4 Å². The molecule has 108 valence electrons. The lowest BCUT2D eigenvalue weighted by Crippen LogP contribution is -2.28. The Balaban J connectivity index is 2.74. The molecular formula is C17H29NO. The molecule has 0 aliphatic heterocycles. The van der Waals surface area contributed by atoms with Gasteiger partial charge in [0, 0.05) is 18.0 Å². The first kappa shape index (κ1) is 16.0. The molecule has 0 aromatic carbocycles. The zero-order chi connectivity index (χ0) is 14.6. The SMILES string of the molecule is CC=C(C=C(NC(=O)CC(C)(C)C)C1CC1C)CC. The molecule has 1 amide bonds. The van der Waals surface area contributed by atoms with Crippen LogP contribution in [0.3, 0.4) is 0 Å². The number of hydrogen-bond acceptors (Lipinski definition) is 1. The van der Waals surface area contributed by atoms with Crippen LogP contribution in [-0.2, 0) is 4.79 Å². The highest BCUT2D eigenvalue weighted by molar-refractivity contribution is 5.78. The van der Waals surface area contributed by atoms with E-state index in [9.17, 15) is 4.79 Å². The summed E-state index contributed by atoms with van der Waals surface area (Å²) in [6, 6.07) is 0. The number of carbonyl (C=O) groups is 1. The summed E-state index contributed by atoms with van der Waals surface area (Å²) in [5.74, 6) is 1.39. The van der Waals surface area contributed by atoms with E-state index in [4.69, 9.17) is 0 Å². The van der Waals surface area contributed by atoms with Crippen molar-refractivity contribution in [2.75, 3.05) is 0 Å². The summed E-state index contributed by atoms with van der Waals surface area (Å²) in [5, 5.41) is 3.15. The summed E-state index contributed by atoms with van der Waals surface area (Å²) in [5.41, 5.74) is 2.46. The third kappa shape index (κ3) is 5.63. The van der Waals surface area contributed by atoms with Gasteiger partial charge in [-0.05, 0) is 37.2 Å². The Bertz CT molecular complexity index is 385. The molecule has 0 spiro atoms. The number of rotatable bonds is 5. The van der Waals surface area contributed by atoms with Crippen molar-refractivity contribution in [2.24, 2.45) is 17.3 Å². The predicted molar refractivity (Wildman–Crippen MR) is 81.6 cm³/mol. The number of allylic oxidation sites excluding steroid dienone is 4. The average molecular weight is 263 g/mol. The first-order valence-corrected chi connectivity index (χ1v) is 7.43. The van der Waals surface area contributed by atoms with Crippen molar-refractivity contribution in [3.63, 3.8) is 0 Å². The molecule has 1 aliphatic carbocycles. The van der Waals surface area contributed by atoms with Crippen LogP contribution in [-0.4, -0.2) is 5.91 Å². The van der Waals surface area contributed by atoms with Gasteiger partial charge in [-0.3, -0.25) is 4.79 Å². The minimum Gasteiger partial charge on any atom is -0.329 e. The van der Waals surface area contributed by atoms with Crippen LogP contribution < -0.4 is 5.32 Å². The van der Waals surface area contributed by atoms with Crippen molar-refractivity contribution < 1.29 is 4.79 Å². The minimum absolute atomic E-state index is 0.0402. The summed E-state index contributed by atoms with van der Waals surface area (Å²) in [4.78, 5) is 12.1. The van der Waals surface area contributed by atoms with Gasteiger partial charge in [0.2, 0.25) is 5.91 Å². The lowest BCUT2D eigenvalue weighted by atomic mass is 9.92. The molecular weight excluding hydrogens is 234 g/mol. The Labute approximate surface area is 118 Å². The fourth-order valence-corrected chi connectivity index (χ4v) is 2.27. The van der Waals surface area contributed by atoms with Crippen molar-refractivity contribution in [1.29, 1.82) is 0 Å². The van der Waals surface area contributed by atoms with E-state index in [0.29, 0.717) is 18.3 Å². The van der Waals surface area contributed by atoms with E-state index in [1.165, 1.54) is 12.0 Å². The van der Waals surface area contributed by atoms with E-state index in [2.05, 4.69) is 59.0 Å². The summed E-state index contributed by atoms with van der Waals surface area (Å²) in [7, 11) is 0. The van der Waals surface area contributed by atoms with Crippen LogP contribution in [0.4, 0.5) is 0 Å². The maximum atomic E-state index is 12.1. The minimum atomic E-state index is 0.0402. The van der Waals surface area contributed by atoms with Crippen LogP contribution >= 0.6 is 0 Å². The van der Waals surface area contributed by atoms with E-state index in [0.717, 1.165) is 12.1 Å². The van der Waals surface area contributed by atoms with Gasteiger partial charge in [-0.25, -0.2) is 0 Å². The topological polar surface area (TPSA) is 29.1 Å². The molecule has 2 atom stereocenters. The van der Waals surface area contributed by atoms with Crippen molar-refractivity contribution in [2.45, 2.75) is 60.8 Å². The smallest absolute Gasteiger partial charge is 0.224 e. The van der Waals surface area contributed by atoms with Crippen molar-refractivity contribution >= 4 is 5.91 Å². The number of amides is 1. The van der Waals surface area contributed by atoms with Gasteiger partial charge >= 0.3 is 0 Å². The highest BCUT2D eigenvalue weighted by Crippen LogP contribution is 2.43. The Morgan fingerprint density at radius 3 is 2.32 bits per heavy atom. The fraction of sp³-hybridized carbons (Fsp3) is 0.706. The summed E-state index contributed by atoms with van der Waals surface area (Å²) < 4.78 is 0. The molecule has 2 unspecified atom stereocenters. The maximum Gasteiger partial charge on any atom is 0.224 e. The number of nitrogens with one attached hydrogen (secondary N) is 1. The quantitative estimate of drug-likeness (QED) is 0.730. The van der Waals surface area contributed by atoms with Crippen molar-refractivity contribution in [1.82, 2.24) is 5.32 Å². The van der Waals surface area contributed by atoms with Gasteiger partial charge in [0.05, 0.1) is 0 Å². The van der Waals surface area contributed by atoms with E-state index >= 15 is 0 Å². The standard InChI is InChI=1S/C17H29NO/c1-7-13(8-2)10-15(14-9-12(14)3)18-16(19)11-17(4,5)6/h7,10,12,14H,8-9,11H2,1-6H3,(H,18,19).